The first-order valence-corrected chi connectivity index (χ1v) is 8.98. The lowest BCUT2D eigenvalue weighted by Crippen LogP contribution is -1.94. The summed E-state index contributed by atoms with van der Waals surface area (Å²) in [5.74, 6) is -0.340. The van der Waals surface area contributed by atoms with Crippen LogP contribution in [0.4, 0.5) is 0 Å². The van der Waals surface area contributed by atoms with Crippen LogP contribution in [0, 0.1) is 12.8 Å². The largest absolute Gasteiger partial charge is 0.477 e. The van der Waals surface area contributed by atoms with E-state index in [4.69, 9.17) is 0 Å². The molecule has 120 valence electrons. The number of fused-ring (bicyclic) bond motifs is 1. The zero-order valence-electron chi connectivity index (χ0n) is 13.1. The van der Waals surface area contributed by atoms with Crippen molar-refractivity contribution in [3.05, 3.63) is 38.9 Å². The lowest BCUT2D eigenvalue weighted by Gasteiger charge is -2.01. The molecule has 4 nitrogen and oxygen atoms in total. The number of aryl methyl sites for hydroxylation is 1. The van der Waals surface area contributed by atoms with E-state index in [1.165, 1.54) is 17.0 Å². The van der Waals surface area contributed by atoms with Crippen LogP contribution < -0.4 is 0 Å². The Bertz CT molecular complexity index is 896. The number of benzene rings is 1. The number of nitrogens with zero attached hydrogens (tertiary/aromatic N) is 1. The van der Waals surface area contributed by atoms with Gasteiger partial charge in [-0.3, -0.25) is 0 Å². The maximum atomic E-state index is 11.2. The smallest absolute Gasteiger partial charge is 0.347 e. The summed E-state index contributed by atoms with van der Waals surface area (Å²) in [6.07, 6.45) is 0.996. The van der Waals surface area contributed by atoms with Gasteiger partial charge in [0.2, 0.25) is 0 Å². The molecule has 0 aliphatic heterocycles. The summed E-state index contributed by atoms with van der Waals surface area (Å²) in [5.41, 5.74) is 3.76. The van der Waals surface area contributed by atoms with Crippen molar-refractivity contribution >= 4 is 44.1 Å². The fourth-order valence-electron chi connectivity index (χ4n) is 2.65. The Morgan fingerprint density at radius 3 is 2.74 bits per heavy atom. The fraction of sp³-hybridized carbons (Fsp3) is 0.294. The van der Waals surface area contributed by atoms with Crippen LogP contribution in [0.2, 0.25) is 0 Å². The SMILES string of the molecule is Cc1nc(-c2cc(Br)c3[nH]c(CC(C)C)cc3c2)sc1C(=O)O. The summed E-state index contributed by atoms with van der Waals surface area (Å²) in [7, 11) is 0. The number of halogens is 1. The highest BCUT2D eigenvalue weighted by atomic mass is 79.9. The number of aromatic nitrogens is 2. The summed E-state index contributed by atoms with van der Waals surface area (Å²) in [5, 5.41) is 11.0. The Kier molecular flexibility index (Phi) is 4.29. The van der Waals surface area contributed by atoms with Gasteiger partial charge in [-0.05, 0) is 53.4 Å². The molecule has 1 aromatic carbocycles. The minimum Gasteiger partial charge on any atom is -0.477 e. The maximum Gasteiger partial charge on any atom is 0.347 e. The Morgan fingerprint density at radius 1 is 1.39 bits per heavy atom. The van der Waals surface area contributed by atoms with Crippen molar-refractivity contribution in [2.75, 3.05) is 0 Å². The van der Waals surface area contributed by atoms with E-state index in [1.54, 1.807) is 6.92 Å². The topological polar surface area (TPSA) is 66.0 Å². The van der Waals surface area contributed by atoms with Crippen LogP contribution in [-0.4, -0.2) is 21.0 Å². The van der Waals surface area contributed by atoms with E-state index in [9.17, 15) is 9.90 Å². The van der Waals surface area contributed by atoms with Crippen LogP contribution in [0.3, 0.4) is 0 Å². The third kappa shape index (κ3) is 3.19. The Morgan fingerprint density at radius 2 is 2.13 bits per heavy atom. The van der Waals surface area contributed by atoms with Crippen molar-refractivity contribution in [3.63, 3.8) is 0 Å². The van der Waals surface area contributed by atoms with Gasteiger partial charge in [0.15, 0.2) is 0 Å². The number of nitrogens with one attached hydrogen (secondary N) is 1. The normalized spacial score (nSPS) is 11.5. The standard InChI is InChI=1S/C17H17BrN2O2S/c1-8(2)4-12-6-10-5-11(7-13(18)14(10)20-12)16-19-9(3)15(23-16)17(21)22/h5-8,20H,4H2,1-3H3,(H,21,22). The van der Waals surface area contributed by atoms with Crippen LogP contribution in [0.15, 0.2) is 22.7 Å². The average molecular weight is 393 g/mol. The van der Waals surface area contributed by atoms with Gasteiger partial charge in [0.1, 0.15) is 9.88 Å². The molecule has 3 aromatic rings. The van der Waals surface area contributed by atoms with Gasteiger partial charge >= 0.3 is 5.97 Å². The van der Waals surface area contributed by atoms with Gasteiger partial charge in [-0.25, -0.2) is 9.78 Å². The molecule has 0 amide bonds. The number of aromatic amines is 1. The second kappa shape index (κ2) is 6.09. The van der Waals surface area contributed by atoms with E-state index in [2.05, 4.69) is 51.9 Å². The zero-order valence-corrected chi connectivity index (χ0v) is 15.5. The van der Waals surface area contributed by atoms with Crippen LogP contribution in [-0.2, 0) is 6.42 Å². The number of hydrogen-bond acceptors (Lipinski definition) is 3. The average Bonchev–Trinajstić information content (AvgIpc) is 3.01. The number of carbonyl (C=O) groups is 1. The monoisotopic (exact) mass is 392 g/mol. The molecule has 23 heavy (non-hydrogen) atoms. The van der Waals surface area contributed by atoms with Crippen molar-refractivity contribution in [1.82, 2.24) is 9.97 Å². The highest BCUT2D eigenvalue weighted by molar-refractivity contribution is 9.10. The number of carboxylic acids is 1. The molecule has 2 heterocycles. The molecule has 0 bridgehead atoms. The summed E-state index contributed by atoms with van der Waals surface area (Å²) < 4.78 is 0.963. The van der Waals surface area contributed by atoms with Crippen molar-refractivity contribution in [2.45, 2.75) is 27.2 Å². The van der Waals surface area contributed by atoms with Gasteiger partial charge in [0.25, 0.3) is 0 Å². The number of H-pyrrole nitrogens is 1. The van der Waals surface area contributed by atoms with Crippen molar-refractivity contribution < 1.29 is 9.90 Å². The van der Waals surface area contributed by atoms with Gasteiger partial charge in [0.05, 0.1) is 11.2 Å². The van der Waals surface area contributed by atoms with Crippen LogP contribution in [0.5, 0.6) is 0 Å². The lowest BCUT2D eigenvalue weighted by molar-refractivity contribution is 0.0701. The van der Waals surface area contributed by atoms with E-state index in [0.717, 1.165) is 32.4 Å². The summed E-state index contributed by atoms with van der Waals surface area (Å²) >= 11 is 4.82. The minimum absolute atomic E-state index is 0.297. The van der Waals surface area contributed by atoms with E-state index < -0.39 is 5.97 Å². The van der Waals surface area contributed by atoms with Gasteiger partial charge in [-0.2, -0.15) is 0 Å². The Hall–Kier alpha value is -1.66. The van der Waals surface area contributed by atoms with Crippen molar-refractivity contribution in [2.24, 2.45) is 5.92 Å². The van der Waals surface area contributed by atoms with Gasteiger partial charge in [-0.15, -0.1) is 11.3 Å². The molecule has 3 rings (SSSR count). The molecule has 0 aliphatic rings. The quantitative estimate of drug-likeness (QED) is 0.636. The maximum absolute atomic E-state index is 11.2. The first kappa shape index (κ1) is 16.2. The van der Waals surface area contributed by atoms with E-state index in [1.807, 2.05) is 6.07 Å². The zero-order chi connectivity index (χ0) is 16.7. The molecule has 2 aromatic heterocycles. The number of carboxylic acid groups (broad SMARTS) is 1. The summed E-state index contributed by atoms with van der Waals surface area (Å²) in [6.45, 7) is 6.11. The third-order valence-corrected chi connectivity index (χ3v) is 5.42. The van der Waals surface area contributed by atoms with Gasteiger partial charge in [-0.1, -0.05) is 13.8 Å². The predicted molar refractivity (Wildman–Crippen MR) is 97.3 cm³/mol. The molecule has 0 spiro atoms. The van der Waals surface area contributed by atoms with Gasteiger partial charge < -0.3 is 10.1 Å². The highest BCUT2D eigenvalue weighted by Crippen LogP contribution is 2.34. The lowest BCUT2D eigenvalue weighted by atomic mass is 10.1. The van der Waals surface area contributed by atoms with E-state index in [-0.39, 0.29) is 0 Å². The summed E-state index contributed by atoms with van der Waals surface area (Å²) in [4.78, 5) is 19.4. The molecule has 0 unspecified atom stereocenters. The number of rotatable bonds is 4. The molecular weight excluding hydrogens is 376 g/mol. The second-order valence-electron chi connectivity index (χ2n) is 6.05. The first-order chi connectivity index (χ1) is 10.8. The van der Waals surface area contributed by atoms with Crippen molar-refractivity contribution in [1.29, 1.82) is 0 Å². The number of thiazole rings is 1. The molecule has 0 fully saturated rings. The molecule has 0 atom stereocenters. The molecule has 0 radical (unpaired) electrons. The minimum atomic E-state index is -0.924. The first-order valence-electron chi connectivity index (χ1n) is 7.37. The van der Waals surface area contributed by atoms with E-state index in [0.29, 0.717) is 16.5 Å². The van der Waals surface area contributed by atoms with Gasteiger partial charge in [0, 0.05) is 21.1 Å². The predicted octanol–water partition coefficient (Wildman–Crippen LogP) is 5.26. The number of hydrogen-bond donors (Lipinski definition) is 2. The molecule has 0 aliphatic carbocycles. The van der Waals surface area contributed by atoms with Crippen molar-refractivity contribution in [3.8, 4) is 10.6 Å². The van der Waals surface area contributed by atoms with E-state index >= 15 is 0 Å². The Labute approximate surface area is 146 Å². The van der Waals surface area contributed by atoms with Crippen LogP contribution >= 0.6 is 27.3 Å². The second-order valence-corrected chi connectivity index (χ2v) is 7.91. The highest BCUT2D eigenvalue weighted by Gasteiger charge is 2.16. The van der Waals surface area contributed by atoms with Crippen LogP contribution in [0.1, 0.15) is 34.9 Å². The summed E-state index contributed by atoms with van der Waals surface area (Å²) in [6, 6.07) is 6.20. The third-order valence-electron chi connectivity index (χ3n) is 3.60. The Balaban J connectivity index is 2.08. The molecular formula is C17H17BrN2O2S. The molecule has 0 saturated heterocycles. The number of aromatic carboxylic acids is 1. The van der Waals surface area contributed by atoms with Crippen LogP contribution in [0.25, 0.3) is 21.5 Å². The molecule has 6 heteroatoms. The molecule has 0 saturated carbocycles. The molecule has 2 N–H and O–H groups in total. The fourth-order valence-corrected chi connectivity index (χ4v) is 4.12.